The Labute approximate surface area is 92.1 Å². The largest absolute Gasteiger partial charge is 0.314 e. The highest BCUT2D eigenvalue weighted by Gasteiger charge is 2.10. The summed E-state index contributed by atoms with van der Waals surface area (Å²) in [5, 5.41) is 3.64. The fraction of sp³-hybridized carbons (Fsp3) is 0.615. The van der Waals surface area contributed by atoms with Crippen LogP contribution < -0.4 is 5.32 Å². The number of hydrogen-bond donors (Lipinski definition) is 1. The van der Waals surface area contributed by atoms with Gasteiger partial charge in [0.2, 0.25) is 0 Å². The van der Waals surface area contributed by atoms with E-state index < -0.39 is 0 Å². The average molecular weight is 204 g/mol. The van der Waals surface area contributed by atoms with Gasteiger partial charge >= 0.3 is 0 Å². The van der Waals surface area contributed by atoms with Crippen molar-refractivity contribution < 1.29 is 0 Å². The lowest BCUT2D eigenvalue weighted by molar-refractivity contribution is 0.478. The van der Waals surface area contributed by atoms with Gasteiger partial charge in [-0.25, -0.2) is 0 Å². The van der Waals surface area contributed by atoms with Crippen molar-refractivity contribution in [3.05, 3.63) is 30.1 Å². The minimum atomic E-state index is 0.737. The Kier molecular flexibility index (Phi) is 4.15. The molecule has 1 aromatic heterocycles. The molecule has 0 saturated carbocycles. The Balaban J connectivity index is 1.77. The first kappa shape index (κ1) is 10.6. The third kappa shape index (κ3) is 3.63. The number of aryl methyl sites for hydroxylation is 1. The molecule has 0 bridgehead atoms. The summed E-state index contributed by atoms with van der Waals surface area (Å²) in [4.78, 5) is 4.04. The molecular formula is C13H20N2. The molecule has 0 aliphatic carbocycles. The van der Waals surface area contributed by atoms with Crippen LogP contribution in [0, 0.1) is 0 Å². The molecule has 1 atom stereocenters. The number of hydrogen-bond acceptors (Lipinski definition) is 2. The summed E-state index contributed by atoms with van der Waals surface area (Å²) in [7, 11) is 0. The number of aromatic nitrogens is 1. The van der Waals surface area contributed by atoms with Gasteiger partial charge in [-0.2, -0.15) is 0 Å². The highest BCUT2D eigenvalue weighted by molar-refractivity contribution is 5.09. The van der Waals surface area contributed by atoms with E-state index in [0.29, 0.717) is 0 Å². The normalized spacial score (nSPS) is 22.3. The van der Waals surface area contributed by atoms with Crippen LogP contribution in [-0.4, -0.2) is 17.6 Å². The van der Waals surface area contributed by atoms with Gasteiger partial charge in [-0.3, -0.25) is 4.98 Å². The summed E-state index contributed by atoms with van der Waals surface area (Å²) in [6.07, 6.45) is 11.7. The maximum Gasteiger partial charge on any atom is 0.0270 e. The van der Waals surface area contributed by atoms with Crippen molar-refractivity contribution in [3.63, 3.8) is 0 Å². The highest BCUT2D eigenvalue weighted by Crippen LogP contribution is 2.13. The third-order valence-electron chi connectivity index (χ3n) is 3.19. The van der Waals surface area contributed by atoms with Gasteiger partial charge in [0, 0.05) is 18.4 Å². The molecule has 1 aliphatic heterocycles. The molecule has 1 unspecified atom stereocenters. The number of nitrogens with one attached hydrogen (secondary N) is 1. The van der Waals surface area contributed by atoms with Gasteiger partial charge in [0.1, 0.15) is 0 Å². The van der Waals surface area contributed by atoms with E-state index in [2.05, 4.69) is 22.4 Å². The van der Waals surface area contributed by atoms with Crippen molar-refractivity contribution >= 4 is 0 Å². The van der Waals surface area contributed by atoms with E-state index in [9.17, 15) is 0 Å². The molecular weight excluding hydrogens is 184 g/mol. The molecule has 1 N–H and O–H groups in total. The first-order valence-corrected chi connectivity index (χ1v) is 6.07. The molecule has 1 saturated heterocycles. The summed E-state index contributed by atoms with van der Waals surface area (Å²) < 4.78 is 0. The predicted octanol–water partition coefficient (Wildman–Crippen LogP) is 2.55. The van der Waals surface area contributed by atoms with Crippen molar-refractivity contribution in [2.75, 3.05) is 6.54 Å². The van der Waals surface area contributed by atoms with Crippen LogP contribution >= 0.6 is 0 Å². The van der Waals surface area contributed by atoms with Crippen molar-refractivity contribution in [2.45, 2.75) is 44.6 Å². The maximum absolute atomic E-state index is 4.04. The average Bonchev–Trinajstić information content (AvgIpc) is 2.56. The molecule has 2 rings (SSSR count). The number of rotatable bonds is 3. The minimum Gasteiger partial charge on any atom is -0.314 e. The van der Waals surface area contributed by atoms with Crippen LogP contribution in [0.2, 0.25) is 0 Å². The molecule has 1 aromatic rings. The van der Waals surface area contributed by atoms with Crippen LogP contribution in [-0.2, 0) is 6.42 Å². The minimum absolute atomic E-state index is 0.737. The monoisotopic (exact) mass is 204 g/mol. The van der Waals surface area contributed by atoms with Crippen LogP contribution in [0.3, 0.4) is 0 Å². The fourth-order valence-corrected chi connectivity index (χ4v) is 2.24. The van der Waals surface area contributed by atoms with Gasteiger partial charge in [0.15, 0.2) is 0 Å². The van der Waals surface area contributed by atoms with Crippen molar-refractivity contribution in [2.24, 2.45) is 0 Å². The van der Waals surface area contributed by atoms with Crippen LogP contribution in [0.15, 0.2) is 24.5 Å². The zero-order chi connectivity index (χ0) is 10.3. The molecule has 0 spiro atoms. The Morgan fingerprint density at radius 2 is 2.07 bits per heavy atom. The topological polar surface area (TPSA) is 24.9 Å². The molecule has 0 radical (unpaired) electrons. The van der Waals surface area contributed by atoms with Crippen LogP contribution in [0.1, 0.15) is 37.7 Å². The lowest BCUT2D eigenvalue weighted by Gasteiger charge is -2.15. The van der Waals surface area contributed by atoms with Crippen molar-refractivity contribution in [1.82, 2.24) is 10.3 Å². The Morgan fingerprint density at radius 3 is 2.93 bits per heavy atom. The van der Waals surface area contributed by atoms with Gasteiger partial charge in [-0.1, -0.05) is 12.8 Å². The van der Waals surface area contributed by atoms with Crippen LogP contribution in [0.25, 0.3) is 0 Å². The molecule has 0 aromatic carbocycles. The number of pyridine rings is 1. The van der Waals surface area contributed by atoms with Gasteiger partial charge in [-0.15, -0.1) is 0 Å². The Morgan fingerprint density at radius 1 is 1.20 bits per heavy atom. The van der Waals surface area contributed by atoms with Crippen LogP contribution in [0.4, 0.5) is 0 Å². The second-order valence-corrected chi connectivity index (χ2v) is 4.39. The Hall–Kier alpha value is -0.890. The van der Waals surface area contributed by atoms with Gasteiger partial charge in [-0.05, 0) is 49.9 Å². The summed E-state index contributed by atoms with van der Waals surface area (Å²) in [6.45, 7) is 1.21. The van der Waals surface area contributed by atoms with E-state index in [0.717, 1.165) is 6.04 Å². The van der Waals surface area contributed by atoms with Gasteiger partial charge in [0.25, 0.3) is 0 Å². The summed E-state index contributed by atoms with van der Waals surface area (Å²) in [5.41, 5.74) is 1.41. The van der Waals surface area contributed by atoms with E-state index in [1.54, 1.807) is 0 Å². The van der Waals surface area contributed by atoms with Crippen molar-refractivity contribution in [3.8, 4) is 0 Å². The summed E-state index contributed by atoms with van der Waals surface area (Å²) in [5.74, 6) is 0. The van der Waals surface area contributed by atoms with Gasteiger partial charge in [0.05, 0.1) is 0 Å². The van der Waals surface area contributed by atoms with E-state index in [-0.39, 0.29) is 0 Å². The predicted molar refractivity (Wildman–Crippen MR) is 62.8 cm³/mol. The molecule has 0 amide bonds. The molecule has 1 fully saturated rings. The third-order valence-corrected chi connectivity index (χ3v) is 3.19. The summed E-state index contributed by atoms with van der Waals surface area (Å²) in [6, 6.07) is 4.98. The van der Waals surface area contributed by atoms with Crippen molar-refractivity contribution in [1.29, 1.82) is 0 Å². The fourth-order valence-electron chi connectivity index (χ4n) is 2.24. The summed E-state index contributed by atoms with van der Waals surface area (Å²) >= 11 is 0. The number of nitrogens with zero attached hydrogens (tertiary/aromatic N) is 1. The van der Waals surface area contributed by atoms with Gasteiger partial charge < -0.3 is 5.32 Å². The second-order valence-electron chi connectivity index (χ2n) is 4.39. The lowest BCUT2D eigenvalue weighted by atomic mass is 10.0. The SMILES string of the molecule is c1cc(CCC2CCCCCN2)ccn1. The molecule has 1 aliphatic rings. The van der Waals surface area contributed by atoms with E-state index in [1.807, 2.05) is 12.4 Å². The molecule has 15 heavy (non-hydrogen) atoms. The molecule has 82 valence electrons. The lowest BCUT2D eigenvalue weighted by Crippen LogP contribution is -2.28. The first-order valence-electron chi connectivity index (χ1n) is 6.07. The zero-order valence-electron chi connectivity index (χ0n) is 9.28. The first-order chi connectivity index (χ1) is 7.45. The molecule has 2 heterocycles. The van der Waals surface area contributed by atoms with E-state index in [1.165, 1.54) is 50.6 Å². The zero-order valence-corrected chi connectivity index (χ0v) is 9.28. The quantitative estimate of drug-likeness (QED) is 0.818. The highest BCUT2D eigenvalue weighted by atomic mass is 14.9. The van der Waals surface area contributed by atoms with E-state index >= 15 is 0 Å². The van der Waals surface area contributed by atoms with E-state index in [4.69, 9.17) is 0 Å². The Bertz CT molecular complexity index is 263. The molecule has 2 nitrogen and oxygen atoms in total. The second kappa shape index (κ2) is 5.86. The maximum atomic E-state index is 4.04. The standard InChI is InChI=1S/C13H20N2/c1-2-4-13(15-9-3-1)6-5-12-7-10-14-11-8-12/h7-8,10-11,13,15H,1-6,9H2. The molecule has 2 heteroatoms. The smallest absolute Gasteiger partial charge is 0.0270 e. The van der Waals surface area contributed by atoms with Crippen LogP contribution in [0.5, 0.6) is 0 Å².